The van der Waals surface area contributed by atoms with E-state index >= 15 is 0 Å². The van der Waals surface area contributed by atoms with Crippen LogP contribution in [0.3, 0.4) is 0 Å². The summed E-state index contributed by atoms with van der Waals surface area (Å²) in [6.45, 7) is 3.69. The maximum Gasteiger partial charge on any atom is 0.227 e. The highest BCUT2D eigenvalue weighted by Gasteiger charge is 2.25. The van der Waals surface area contributed by atoms with E-state index in [-0.39, 0.29) is 24.4 Å². The molecule has 1 aromatic carbocycles. The van der Waals surface area contributed by atoms with Gasteiger partial charge in [0.2, 0.25) is 5.91 Å². The summed E-state index contributed by atoms with van der Waals surface area (Å²) in [5.41, 5.74) is 6.88. The Bertz CT molecular complexity index is 457. The summed E-state index contributed by atoms with van der Waals surface area (Å²) in [7, 11) is 1.64. The SMILES string of the molecule is COc1ccccc1CC(=O)N1CCC(C(C)N)CC1.Cl. The fraction of sp³-hybridized carbons (Fsp3) is 0.562. The van der Waals surface area contributed by atoms with E-state index in [4.69, 9.17) is 10.5 Å². The van der Waals surface area contributed by atoms with E-state index in [0.717, 1.165) is 37.2 Å². The summed E-state index contributed by atoms with van der Waals surface area (Å²) < 4.78 is 5.29. The normalized spacial score (nSPS) is 17.0. The standard InChI is InChI=1S/C16H24N2O2.ClH/c1-12(17)13-7-9-18(10-8-13)16(19)11-14-5-3-4-6-15(14)20-2;/h3-6,12-13H,7-11,17H2,1-2H3;1H. The van der Waals surface area contributed by atoms with Gasteiger partial charge in [0, 0.05) is 24.7 Å². The number of rotatable bonds is 4. The highest BCUT2D eigenvalue weighted by Crippen LogP contribution is 2.22. The van der Waals surface area contributed by atoms with Crippen molar-refractivity contribution in [2.45, 2.75) is 32.2 Å². The molecule has 0 spiro atoms. The minimum Gasteiger partial charge on any atom is -0.496 e. The fourth-order valence-electron chi connectivity index (χ4n) is 2.80. The van der Waals surface area contributed by atoms with Crippen LogP contribution in [0.25, 0.3) is 0 Å². The highest BCUT2D eigenvalue weighted by atomic mass is 35.5. The van der Waals surface area contributed by atoms with Crippen LogP contribution in [-0.2, 0) is 11.2 Å². The molecule has 0 aromatic heterocycles. The van der Waals surface area contributed by atoms with Gasteiger partial charge in [0.15, 0.2) is 0 Å². The average molecular weight is 313 g/mol. The Balaban J connectivity index is 0.00000220. The van der Waals surface area contributed by atoms with Crippen LogP contribution >= 0.6 is 12.4 Å². The lowest BCUT2D eigenvalue weighted by molar-refractivity contribution is -0.131. The molecule has 0 radical (unpaired) electrons. The third-order valence-electron chi connectivity index (χ3n) is 4.17. The van der Waals surface area contributed by atoms with Crippen LogP contribution in [-0.4, -0.2) is 37.0 Å². The van der Waals surface area contributed by atoms with Gasteiger partial charge in [0.05, 0.1) is 13.5 Å². The van der Waals surface area contributed by atoms with Crippen LogP contribution in [0.15, 0.2) is 24.3 Å². The van der Waals surface area contributed by atoms with Gasteiger partial charge in [-0.1, -0.05) is 18.2 Å². The predicted octanol–water partition coefficient (Wildman–Crippen LogP) is 2.25. The second kappa shape index (κ2) is 8.25. The number of ether oxygens (including phenoxy) is 1. The maximum absolute atomic E-state index is 12.4. The third kappa shape index (κ3) is 4.61. The number of nitrogens with two attached hydrogens (primary N) is 1. The van der Waals surface area contributed by atoms with Crippen molar-refractivity contribution in [3.05, 3.63) is 29.8 Å². The smallest absolute Gasteiger partial charge is 0.227 e. The third-order valence-corrected chi connectivity index (χ3v) is 4.17. The number of methoxy groups -OCH3 is 1. The molecule has 2 rings (SSSR count). The monoisotopic (exact) mass is 312 g/mol. The zero-order valence-corrected chi connectivity index (χ0v) is 13.6. The molecular weight excluding hydrogens is 288 g/mol. The van der Waals surface area contributed by atoms with E-state index in [9.17, 15) is 4.79 Å². The van der Waals surface area contributed by atoms with Crippen molar-refractivity contribution >= 4 is 18.3 Å². The number of carbonyl (C=O) groups excluding carboxylic acids is 1. The van der Waals surface area contributed by atoms with Crippen molar-refractivity contribution in [2.24, 2.45) is 11.7 Å². The number of halogens is 1. The van der Waals surface area contributed by atoms with Gasteiger partial charge in [-0.25, -0.2) is 0 Å². The summed E-state index contributed by atoms with van der Waals surface area (Å²) in [5, 5.41) is 0. The largest absolute Gasteiger partial charge is 0.496 e. The minimum atomic E-state index is 0. The van der Waals surface area contributed by atoms with Crippen molar-refractivity contribution in [2.75, 3.05) is 20.2 Å². The van der Waals surface area contributed by atoms with Gasteiger partial charge in [0.1, 0.15) is 5.75 Å². The second-order valence-corrected chi connectivity index (χ2v) is 5.57. The summed E-state index contributed by atoms with van der Waals surface area (Å²) >= 11 is 0. The maximum atomic E-state index is 12.4. The number of para-hydroxylation sites is 1. The molecule has 1 fully saturated rings. The van der Waals surface area contributed by atoms with Crippen molar-refractivity contribution in [3.63, 3.8) is 0 Å². The van der Waals surface area contributed by atoms with Gasteiger partial charge in [-0.3, -0.25) is 4.79 Å². The average Bonchev–Trinajstić information content (AvgIpc) is 2.48. The van der Waals surface area contributed by atoms with E-state index in [2.05, 4.69) is 6.92 Å². The van der Waals surface area contributed by atoms with Crippen molar-refractivity contribution < 1.29 is 9.53 Å². The van der Waals surface area contributed by atoms with Crippen molar-refractivity contribution in [3.8, 4) is 5.75 Å². The molecule has 5 heteroatoms. The van der Waals surface area contributed by atoms with E-state index in [1.807, 2.05) is 29.2 Å². The topological polar surface area (TPSA) is 55.6 Å². The Hall–Kier alpha value is -1.26. The van der Waals surface area contributed by atoms with Gasteiger partial charge in [0.25, 0.3) is 0 Å². The molecule has 118 valence electrons. The Labute approximate surface area is 133 Å². The molecule has 1 amide bonds. The summed E-state index contributed by atoms with van der Waals surface area (Å²) in [6.07, 6.45) is 2.43. The van der Waals surface area contributed by atoms with Crippen LogP contribution < -0.4 is 10.5 Å². The molecule has 0 bridgehead atoms. The first-order chi connectivity index (χ1) is 9.61. The van der Waals surface area contributed by atoms with Crippen molar-refractivity contribution in [1.29, 1.82) is 0 Å². The number of amides is 1. The number of hydrogen-bond donors (Lipinski definition) is 1. The minimum absolute atomic E-state index is 0. The molecule has 1 unspecified atom stereocenters. The summed E-state index contributed by atoms with van der Waals surface area (Å²) in [4.78, 5) is 14.3. The van der Waals surface area contributed by atoms with Crippen LogP contribution in [0.1, 0.15) is 25.3 Å². The highest BCUT2D eigenvalue weighted by molar-refractivity contribution is 5.85. The van der Waals surface area contributed by atoms with Crippen LogP contribution in [0, 0.1) is 5.92 Å². The molecule has 1 aliphatic heterocycles. The number of likely N-dealkylation sites (tertiary alicyclic amines) is 1. The van der Waals surface area contributed by atoms with Crippen LogP contribution in [0.4, 0.5) is 0 Å². The quantitative estimate of drug-likeness (QED) is 0.927. The van der Waals surface area contributed by atoms with Gasteiger partial charge >= 0.3 is 0 Å². The zero-order valence-electron chi connectivity index (χ0n) is 12.7. The van der Waals surface area contributed by atoms with Gasteiger partial charge < -0.3 is 15.4 Å². The van der Waals surface area contributed by atoms with Crippen LogP contribution in [0.2, 0.25) is 0 Å². The predicted molar refractivity (Wildman–Crippen MR) is 86.9 cm³/mol. The molecule has 0 saturated carbocycles. The molecular formula is C16H25ClN2O2. The first-order valence-corrected chi connectivity index (χ1v) is 7.27. The van der Waals surface area contributed by atoms with E-state index in [1.165, 1.54) is 0 Å². The Kier molecular flexibility index (Phi) is 6.99. The molecule has 1 aliphatic rings. The Morgan fingerprint density at radius 3 is 2.57 bits per heavy atom. The van der Waals surface area contributed by atoms with E-state index in [0.29, 0.717) is 12.3 Å². The van der Waals surface area contributed by atoms with E-state index in [1.54, 1.807) is 7.11 Å². The summed E-state index contributed by atoms with van der Waals surface area (Å²) in [5.74, 6) is 1.51. The molecule has 21 heavy (non-hydrogen) atoms. The zero-order chi connectivity index (χ0) is 14.5. The lowest BCUT2D eigenvalue weighted by atomic mass is 9.91. The lowest BCUT2D eigenvalue weighted by Gasteiger charge is -2.33. The molecule has 1 aromatic rings. The number of hydrogen-bond acceptors (Lipinski definition) is 3. The number of piperidine rings is 1. The fourth-order valence-corrected chi connectivity index (χ4v) is 2.80. The second-order valence-electron chi connectivity index (χ2n) is 5.57. The lowest BCUT2D eigenvalue weighted by Crippen LogP contribution is -2.43. The Morgan fingerprint density at radius 2 is 2.00 bits per heavy atom. The van der Waals surface area contributed by atoms with Gasteiger partial charge in [-0.2, -0.15) is 0 Å². The van der Waals surface area contributed by atoms with Crippen molar-refractivity contribution in [1.82, 2.24) is 4.90 Å². The summed E-state index contributed by atoms with van der Waals surface area (Å²) in [6, 6.07) is 7.92. The molecule has 1 heterocycles. The Morgan fingerprint density at radius 1 is 1.38 bits per heavy atom. The van der Waals surface area contributed by atoms with Gasteiger partial charge in [-0.15, -0.1) is 12.4 Å². The van der Waals surface area contributed by atoms with Gasteiger partial charge in [-0.05, 0) is 31.7 Å². The van der Waals surface area contributed by atoms with E-state index < -0.39 is 0 Å². The molecule has 2 N–H and O–H groups in total. The first kappa shape index (κ1) is 17.8. The van der Waals surface area contributed by atoms with Crippen LogP contribution in [0.5, 0.6) is 5.75 Å². The molecule has 1 saturated heterocycles. The molecule has 1 atom stereocenters. The first-order valence-electron chi connectivity index (χ1n) is 7.27. The number of carbonyl (C=O) groups is 1. The molecule has 4 nitrogen and oxygen atoms in total. The number of nitrogens with zero attached hydrogens (tertiary/aromatic N) is 1. The number of benzene rings is 1. The molecule has 0 aliphatic carbocycles.